The van der Waals surface area contributed by atoms with E-state index in [1.165, 1.54) is 4.68 Å². The van der Waals surface area contributed by atoms with Gasteiger partial charge in [-0.25, -0.2) is 0 Å². The Morgan fingerprint density at radius 3 is 2.92 bits per heavy atom. The number of pyridine rings is 1. The van der Waals surface area contributed by atoms with Gasteiger partial charge in [0.2, 0.25) is 5.91 Å². The molecule has 1 atom stereocenters. The quantitative estimate of drug-likeness (QED) is 0.863. The number of amides is 1. The van der Waals surface area contributed by atoms with Crippen LogP contribution in [0.3, 0.4) is 0 Å². The number of carbonyl (C=O) groups excluding carboxylic acids is 1. The molecule has 7 heteroatoms. The van der Waals surface area contributed by atoms with Gasteiger partial charge in [0.05, 0.1) is 0 Å². The summed E-state index contributed by atoms with van der Waals surface area (Å²) in [5.74, 6) is -0.638. The van der Waals surface area contributed by atoms with Crippen LogP contribution in [0.1, 0.15) is 36.4 Å². The first-order valence-electron chi connectivity index (χ1n) is 8.53. The van der Waals surface area contributed by atoms with E-state index in [9.17, 15) is 9.59 Å². The lowest BCUT2D eigenvalue weighted by Crippen LogP contribution is -2.39. The van der Waals surface area contributed by atoms with Gasteiger partial charge in [0.25, 0.3) is 0 Å². The Hall–Kier alpha value is -2.70. The summed E-state index contributed by atoms with van der Waals surface area (Å²) < 4.78 is 1.52. The fraction of sp³-hybridized carbons (Fsp3) is 0.444. The summed E-state index contributed by atoms with van der Waals surface area (Å²) in [4.78, 5) is 29.5. The van der Waals surface area contributed by atoms with E-state index in [4.69, 9.17) is 5.11 Å². The molecule has 1 saturated heterocycles. The van der Waals surface area contributed by atoms with Crippen molar-refractivity contribution < 1.29 is 14.7 Å². The lowest BCUT2D eigenvalue weighted by atomic mass is 9.94. The van der Waals surface area contributed by atoms with Crippen LogP contribution in [-0.2, 0) is 22.6 Å². The number of aryl methyl sites for hydroxylation is 1. The zero-order chi connectivity index (χ0) is 17.6. The maximum Gasteiger partial charge on any atom is 0.325 e. The molecule has 25 heavy (non-hydrogen) atoms. The van der Waals surface area contributed by atoms with Crippen molar-refractivity contribution in [2.45, 2.75) is 38.1 Å². The van der Waals surface area contributed by atoms with Gasteiger partial charge in [0.15, 0.2) is 0 Å². The molecule has 1 fully saturated rings. The second-order valence-corrected chi connectivity index (χ2v) is 6.35. The first kappa shape index (κ1) is 17.1. The smallest absolute Gasteiger partial charge is 0.325 e. The summed E-state index contributed by atoms with van der Waals surface area (Å²) in [6.45, 7) is 1.24. The van der Waals surface area contributed by atoms with Crippen LogP contribution in [0.25, 0.3) is 0 Å². The van der Waals surface area contributed by atoms with E-state index in [2.05, 4.69) is 10.1 Å². The van der Waals surface area contributed by atoms with Gasteiger partial charge < -0.3 is 10.0 Å². The monoisotopic (exact) mass is 342 g/mol. The van der Waals surface area contributed by atoms with Crippen LogP contribution in [0.2, 0.25) is 0 Å². The lowest BCUT2D eigenvalue weighted by Gasteiger charge is -2.33. The number of carbonyl (C=O) groups is 2. The number of carboxylic acid groups (broad SMARTS) is 1. The summed E-state index contributed by atoms with van der Waals surface area (Å²) in [6.07, 6.45) is 8.15. The molecule has 3 heterocycles. The fourth-order valence-electron chi connectivity index (χ4n) is 3.35. The van der Waals surface area contributed by atoms with E-state index in [0.717, 1.165) is 30.6 Å². The molecule has 2 aromatic rings. The number of nitrogens with zero attached hydrogens (tertiary/aromatic N) is 4. The number of piperidine rings is 1. The molecule has 0 bridgehead atoms. The number of likely N-dealkylation sites (tertiary alicyclic amines) is 1. The maximum absolute atomic E-state index is 12.5. The average molecular weight is 342 g/mol. The minimum absolute atomic E-state index is 0.137. The Bertz CT molecular complexity index is 729. The number of carboxylic acids is 1. The normalized spacial score (nSPS) is 17.4. The van der Waals surface area contributed by atoms with Crippen LogP contribution < -0.4 is 0 Å². The summed E-state index contributed by atoms with van der Waals surface area (Å²) >= 11 is 0. The third kappa shape index (κ3) is 4.43. The van der Waals surface area contributed by atoms with Gasteiger partial charge in [-0.15, -0.1) is 0 Å². The molecule has 1 aliphatic rings. The SMILES string of the molecule is O=C(O)Cn1nccc1C1CCCN(C(=O)CCc2cccnc2)C1. The van der Waals surface area contributed by atoms with Crippen molar-refractivity contribution in [1.82, 2.24) is 19.7 Å². The summed E-state index contributed by atoms with van der Waals surface area (Å²) in [6, 6.07) is 5.71. The highest BCUT2D eigenvalue weighted by Gasteiger charge is 2.27. The molecule has 1 aliphatic heterocycles. The molecule has 1 unspecified atom stereocenters. The molecule has 132 valence electrons. The fourth-order valence-corrected chi connectivity index (χ4v) is 3.35. The van der Waals surface area contributed by atoms with Crippen LogP contribution in [0, 0.1) is 0 Å². The molecule has 2 aromatic heterocycles. The molecule has 1 N–H and O–H groups in total. The molecule has 1 amide bonds. The molecule has 0 spiro atoms. The number of hydrogen-bond acceptors (Lipinski definition) is 4. The van der Waals surface area contributed by atoms with Crippen molar-refractivity contribution in [3.8, 4) is 0 Å². The minimum atomic E-state index is -0.912. The van der Waals surface area contributed by atoms with Gasteiger partial charge in [0, 0.05) is 49.7 Å². The van der Waals surface area contributed by atoms with Crippen molar-refractivity contribution in [3.63, 3.8) is 0 Å². The van der Waals surface area contributed by atoms with Gasteiger partial charge in [0.1, 0.15) is 6.54 Å². The standard InChI is InChI=1S/C18H22N4O3/c23-17(6-5-14-3-1-8-19-11-14)21-10-2-4-15(12-21)16-7-9-20-22(16)13-18(24)25/h1,3,7-9,11,15H,2,4-6,10,12-13H2,(H,24,25). The molecular formula is C18H22N4O3. The summed E-state index contributed by atoms with van der Waals surface area (Å²) in [7, 11) is 0. The molecule has 0 aliphatic carbocycles. The maximum atomic E-state index is 12.5. The molecule has 0 saturated carbocycles. The first-order valence-corrected chi connectivity index (χ1v) is 8.53. The predicted octanol–water partition coefficient (Wildman–Crippen LogP) is 1.70. The van der Waals surface area contributed by atoms with Crippen molar-refractivity contribution in [2.24, 2.45) is 0 Å². The van der Waals surface area contributed by atoms with E-state index in [1.807, 2.05) is 23.1 Å². The van der Waals surface area contributed by atoms with Gasteiger partial charge in [-0.05, 0) is 37.0 Å². The Morgan fingerprint density at radius 1 is 1.28 bits per heavy atom. The average Bonchev–Trinajstić information content (AvgIpc) is 3.08. The van der Waals surface area contributed by atoms with Crippen LogP contribution in [0.15, 0.2) is 36.8 Å². The Kier molecular flexibility index (Phi) is 5.42. The second kappa shape index (κ2) is 7.92. The molecule has 3 rings (SSSR count). The zero-order valence-corrected chi connectivity index (χ0v) is 14.0. The minimum Gasteiger partial charge on any atom is -0.480 e. The largest absolute Gasteiger partial charge is 0.480 e. The van der Waals surface area contributed by atoms with Gasteiger partial charge in [-0.2, -0.15) is 5.10 Å². The predicted molar refractivity (Wildman–Crippen MR) is 91.0 cm³/mol. The van der Waals surface area contributed by atoms with Crippen LogP contribution in [0.5, 0.6) is 0 Å². The van der Waals surface area contributed by atoms with Gasteiger partial charge in [-0.1, -0.05) is 6.07 Å². The zero-order valence-electron chi connectivity index (χ0n) is 14.0. The van der Waals surface area contributed by atoms with Crippen molar-refractivity contribution in [3.05, 3.63) is 48.0 Å². The third-order valence-corrected chi connectivity index (χ3v) is 4.58. The number of aromatic nitrogens is 3. The number of hydrogen-bond donors (Lipinski definition) is 1. The van der Waals surface area contributed by atoms with Gasteiger partial charge >= 0.3 is 5.97 Å². The Labute approximate surface area is 146 Å². The molecule has 7 nitrogen and oxygen atoms in total. The third-order valence-electron chi connectivity index (χ3n) is 4.58. The van der Waals surface area contributed by atoms with Crippen molar-refractivity contribution in [2.75, 3.05) is 13.1 Å². The van der Waals surface area contributed by atoms with E-state index >= 15 is 0 Å². The summed E-state index contributed by atoms with van der Waals surface area (Å²) in [5.41, 5.74) is 1.95. The van der Waals surface area contributed by atoms with E-state index in [-0.39, 0.29) is 18.4 Å². The highest BCUT2D eigenvalue weighted by Crippen LogP contribution is 2.27. The molecule has 0 aromatic carbocycles. The molecular weight excluding hydrogens is 320 g/mol. The Balaban J connectivity index is 1.60. The van der Waals surface area contributed by atoms with E-state index < -0.39 is 5.97 Å². The van der Waals surface area contributed by atoms with Crippen LogP contribution in [-0.4, -0.2) is 49.7 Å². The first-order chi connectivity index (χ1) is 12.1. The van der Waals surface area contributed by atoms with Crippen LogP contribution >= 0.6 is 0 Å². The topological polar surface area (TPSA) is 88.3 Å². The van der Waals surface area contributed by atoms with Crippen molar-refractivity contribution >= 4 is 11.9 Å². The highest BCUT2D eigenvalue weighted by molar-refractivity contribution is 5.76. The van der Waals surface area contributed by atoms with E-state index in [1.54, 1.807) is 18.6 Å². The van der Waals surface area contributed by atoms with Crippen LogP contribution in [0.4, 0.5) is 0 Å². The lowest BCUT2D eigenvalue weighted by molar-refractivity contribution is -0.138. The van der Waals surface area contributed by atoms with Gasteiger partial charge in [-0.3, -0.25) is 19.3 Å². The van der Waals surface area contributed by atoms with E-state index in [0.29, 0.717) is 19.4 Å². The summed E-state index contributed by atoms with van der Waals surface area (Å²) in [5, 5.41) is 13.1. The number of aliphatic carboxylic acids is 1. The molecule has 0 radical (unpaired) electrons. The highest BCUT2D eigenvalue weighted by atomic mass is 16.4. The second-order valence-electron chi connectivity index (χ2n) is 6.35. The Morgan fingerprint density at radius 2 is 2.16 bits per heavy atom. The van der Waals surface area contributed by atoms with Crippen molar-refractivity contribution in [1.29, 1.82) is 0 Å². The number of rotatable bonds is 6.